The molecule has 0 unspecified atom stereocenters. The highest BCUT2D eigenvalue weighted by atomic mass is 35.5. The van der Waals surface area contributed by atoms with Gasteiger partial charge in [0.05, 0.1) is 35.6 Å². The minimum atomic E-state index is -1.02. The minimum Gasteiger partial charge on any atom is -0.480 e. The first-order chi connectivity index (χ1) is 18.3. The highest BCUT2D eigenvalue weighted by Gasteiger charge is 2.31. The van der Waals surface area contributed by atoms with Crippen LogP contribution in [0.4, 0.5) is 0 Å². The number of nitrogens with zero attached hydrogens (tertiary/aromatic N) is 2. The number of aromatic nitrogens is 3. The first kappa shape index (κ1) is 26.1. The van der Waals surface area contributed by atoms with Gasteiger partial charge in [0, 0.05) is 12.0 Å². The number of pyridine rings is 1. The van der Waals surface area contributed by atoms with Crippen molar-refractivity contribution in [1.29, 1.82) is 0 Å². The van der Waals surface area contributed by atoms with Crippen LogP contribution in [0.5, 0.6) is 6.01 Å². The summed E-state index contributed by atoms with van der Waals surface area (Å²) in [6.07, 6.45) is -1.27. The van der Waals surface area contributed by atoms with Crippen LogP contribution in [0.1, 0.15) is 12.0 Å². The smallest absolute Gasteiger partial charge is 0.320 e. The molecular weight excluding hydrogens is 512 g/mol. The number of carboxylic acid groups (broad SMARTS) is 1. The third-order valence-electron chi connectivity index (χ3n) is 6.51. The molecule has 4 aromatic rings. The summed E-state index contributed by atoms with van der Waals surface area (Å²) in [6.45, 7) is -0.0233. The van der Waals surface area contributed by atoms with Gasteiger partial charge in [-0.25, -0.2) is 4.98 Å². The van der Waals surface area contributed by atoms with Gasteiger partial charge < -0.3 is 35.5 Å². The van der Waals surface area contributed by atoms with Gasteiger partial charge in [-0.15, -0.1) is 0 Å². The number of carbonyl (C=O) groups is 1. The molecular formula is C27H27ClN4O6. The number of nitrogens with two attached hydrogens (primary N) is 1. The number of H-pyrrole nitrogens is 1. The summed E-state index contributed by atoms with van der Waals surface area (Å²) < 4.78 is 11.3. The second-order valence-corrected chi connectivity index (χ2v) is 9.66. The van der Waals surface area contributed by atoms with E-state index < -0.39 is 30.3 Å². The van der Waals surface area contributed by atoms with E-state index in [1.54, 1.807) is 6.07 Å². The Morgan fingerprint density at radius 2 is 1.79 bits per heavy atom. The van der Waals surface area contributed by atoms with Crippen LogP contribution in [0.2, 0.25) is 5.02 Å². The van der Waals surface area contributed by atoms with Crippen LogP contribution in [0.25, 0.3) is 33.5 Å². The number of rotatable bonds is 8. The van der Waals surface area contributed by atoms with Crippen LogP contribution in [0, 0.1) is 0 Å². The van der Waals surface area contributed by atoms with E-state index in [1.807, 2.05) is 48.5 Å². The molecule has 0 amide bonds. The quantitative estimate of drug-likeness (QED) is 0.227. The molecule has 4 atom stereocenters. The number of hydrogen-bond donors (Lipinski definition) is 5. The lowest BCUT2D eigenvalue weighted by Crippen LogP contribution is -2.45. The summed E-state index contributed by atoms with van der Waals surface area (Å²) in [7, 11) is 0. The number of imidazole rings is 1. The molecule has 2 aromatic heterocycles. The molecule has 0 aliphatic carbocycles. The van der Waals surface area contributed by atoms with Gasteiger partial charge in [-0.1, -0.05) is 60.1 Å². The molecule has 1 aliphatic heterocycles. The Morgan fingerprint density at radius 1 is 1.13 bits per heavy atom. The van der Waals surface area contributed by atoms with Crippen LogP contribution in [-0.4, -0.2) is 73.8 Å². The Morgan fingerprint density at radius 3 is 2.42 bits per heavy atom. The largest absolute Gasteiger partial charge is 0.480 e. The van der Waals surface area contributed by atoms with Gasteiger partial charge in [0.1, 0.15) is 18.2 Å². The molecule has 1 saturated heterocycles. The van der Waals surface area contributed by atoms with Crippen LogP contribution in [-0.2, 0) is 16.0 Å². The Kier molecular flexibility index (Phi) is 7.59. The topological polar surface area (TPSA) is 164 Å². The zero-order valence-corrected chi connectivity index (χ0v) is 21.0. The maximum absolute atomic E-state index is 11.0. The Balaban J connectivity index is 1.30. The van der Waals surface area contributed by atoms with Gasteiger partial charge in [0.15, 0.2) is 5.65 Å². The molecule has 3 heterocycles. The van der Waals surface area contributed by atoms with E-state index in [-0.39, 0.29) is 25.6 Å². The zero-order valence-electron chi connectivity index (χ0n) is 20.3. The monoisotopic (exact) mass is 538 g/mol. The molecule has 38 heavy (non-hydrogen) atoms. The summed E-state index contributed by atoms with van der Waals surface area (Å²) >= 11 is 6.55. The predicted molar refractivity (Wildman–Crippen MR) is 141 cm³/mol. The molecule has 1 aliphatic rings. The number of benzene rings is 2. The Hall–Kier alpha value is -3.54. The Labute approximate surface area is 223 Å². The second-order valence-electron chi connectivity index (χ2n) is 9.25. The molecule has 6 N–H and O–H groups in total. The van der Waals surface area contributed by atoms with E-state index in [1.165, 1.54) is 0 Å². The fourth-order valence-corrected chi connectivity index (χ4v) is 4.66. The number of hydrogen-bond acceptors (Lipinski definition) is 8. The average molecular weight is 539 g/mol. The number of ether oxygens (including phenoxy) is 2. The van der Waals surface area contributed by atoms with E-state index in [0.29, 0.717) is 28.3 Å². The zero-order chi connectivity index (χ0) is 26.8. The average Bonchev–Trinajstić information content (AvgIpc) is 3.29. The lowest BCUT2D eigenvalue weighted by atomic mass is 9.99. The van der Waals surface area contributed by atoms with Crippen molar-refractivity contribution in [1.82, 2.24) is 15.0 Å². The maximum atomic E-state index is 11.0. The molecule has 0 saturated carbocycles. The van der Waals surface area contributed by atoms with Gasteiger partial charge in [0.2, 0.25) is 0 Å². The maximum Gasteiger partial charge on any atom is 0.320 e. The van der Waals surface area contributed by atoms with Crippen LogP contribution >= 0.6 is 11.6 Å². The summed E-state index contributed by atoms with van der Waals surface area (Å²) in [6, 6.07) is 16.4. The first-order valence-corrected chi connectivity index (χ1v) is 12.5. The molecule has 0 bridgehead atoms. The number of aliphatic carboxylic acids is 1. The standard InChI is InChI=1S/C27H27ClN4O6/c28-19-11-21-25(32-27(30-21)38-18-10-22(34)23(12-33)37-13-18)31-24(19)17-7-5-16(6-8-17)15-3-1-14(2-4-15)9-20(29)26(35)36/h1-8,11,18,20,22-23,33-34H,9-10,12-13,29H2,(H,35,36)(H,30,31,32)/t18-,20+,22+,23-/m1/s1. The number of aromatic amines is 1. The van der Waals surface area contributed by atoms with Gasteiger partial charge in [-0.2, -0.15) is 4.98 Å². The summed E-state index contributed by atoms with van der Waals surface area (Å²) in [4.78, 5) is 23.1. The van der Waals surface area contributed by atoms with Gasteiger partial charge in [-0.3, -0.25) is 4.79 Å². The second kappa shape index (κ2) is 11.1. The van der Waals surface area contributed by atoms with Gasteiger partial charge >= 0.3 is 5.97 Å². The number of fused-ring (bicyclic) bond motifs is 1. The van der Waals surface area contributed by atoms with Crippen molar-refractivity contribution in [3.05, 3.63) is 65.2 Å². The number of carboxylic acids is 1. The Bertz CT molecular complexity index is 1430. The molecule has 1 fully saturated rings. The van der Waals surface area contributed by atoms with Gasteiger partial charge in [0.25, 0.3) is 6.01 Å². The lowest BCUT2D eigenvalue weighted by molar-refractivity contribution is -0.138. The molecule has 2 aromatic carbocycles. The highest BCUT2D eigenvalue weighted by molar-refractivity contribution is 6.33. The minimum absolute atomic E-state index is 0.226. The number of aliphatic hydroxyl groups excluding tert-OH is 2. The number of aliphatic hydroxyl groups is 2. The normalized spacial score (nSPS) is 20.4. The number of halogens is 1. The molecule has 0 radical (unpaired) electrons. The fraction of sp³-hybridized carbons (Fsp3) is 0.296. The fourth-order valence-electron chi connectivity index (χ4n) is 4.39. The van der Waals surface area contributed by atoms with E-state index >= 15 is 0 Å². The highest BCUT2D eigenvalue weighted by Crippen LogP contribution is 2.31. The van der Waals surface area contributed by atoms with Crippen molar-refractivity contribution in [2.75, 3.05) is 13.2 Å². The van der Waals surface area contributed by atoms with E-state index in [0.717, 1.165) is 22.3 Å². The molecule has 10 nitrogen and oxygen atoms in total. The third-order valence-corrected chi connectivity index (χ3v) is 6.80. The van der Waals surface area contributed by atoms with Crippen molar-refractivity contribution in [2.24, 2.45) is 5.73 Å². The third kappa shape index (κ3) is 5.64. The molecule has 198 valence electrons. The van der Waals surface area contributed by atoms with Crippen molar-refractivity contribution in [2.45, 2.75) is 37.2 Å². The molecule has 11 heteroatoms. The summed E-state index contributed by atoms with van der Waals surface area (Å²) in [5.74, 6) is -1.02. The summed E-state index contributed by atoms with van der Waals surface area (Å²) in [5.41, 5.74) is 10.9. The summed E-state index contributed by atoms with van der Waals surface area (Å²) in [5, 5.41) is 28.7. The molecule has 5 rings (SSSR count). The number of nitrogens with one attached hydrogen (secondary N) is 1. The van der Waals surface area contributed by atoms with E-state index in [2.05, 4.69) is 15.0 Å². The van der Waals surface area contributed by atoms with Crippen LogP contribution in [0.15, 0.2) is 54.6 Å². The van der Waals surface area contributed by atoms with Crippen molar-refractivity contribution in [3.63, 3.8) is 0 Å². The van der Waals surface area contributed by atoms with Crippen molar-refractivity contribution >= 4 is 28.7 Å². The predicted octanol–water partition coefficient (Wildman–Crippen LogP) is 2.79. The van der Waals surface area contributed by atoms with E-state index in [4.69, 9.17) is 31.9 Å². The van der Waals surface area contributed by atoms with Crippen LogP contribution < -0.4 is 10.5 Å². The van der Waals surface area contributed by atoms with E-state index in [9.17, 15) is 15.0 Å². The lowest BCUT2D eigenvalue weighted by Gasteiger charge is -2.31. The molecule has 0 spiro atoms. The van der Waals surface area contributed by atoms with Crippen LogP contribution in [0.3, 0.4) is 0 Å². The van der Waals surface area contributed by atoms with Crippen molar-refractivity contribution in [3.8, 4) is 28.4 Å². The van der Waals surface area contributed by atoms with Gasteiger partial charge in [-0.05, 0) is 29.2 Å². The SMILES string of the molecule is N[C@@H](Cc1ccc(-c2ccc(-c3nc4nc(O[C@H]5CO[C@H](CO)[C@@H](O)C5)[nH]c4cc3Cl)cc2)cc1)C(=O)O. The first-order valence-electron chi connectivity index (χ1n) is 12.1. The van der Waals surface area contributed by atoms with Crippen molar-refractivity contribution < 1.29 is 29.6 Å².